The number of hydrogen-bond acceptors (Lipinski definition) is 2. The fourth-order valence-corrected chi connectivity index (χ4v) is 2.18. The summed E-state index contributed by atoms with van der Waals surface area (Å²) in [7, 11) is 0. The van der Waals surface area contributed by atoms with Crippen LogP contribution in [0.1, 0.15) is 31.7 Å². The van der Waals surface area contributed by atoms with E-state index in [1.807, 2.05) is 0 Å². The van der Waals surface area contributed by atoms with E-state index in [4.69, 9.17) is 5.73 Å². The van der Waals surface area contributed by atoms with E-state index in [2.05, 4.69) is 12.2 Å². The predicted molar refractivity (Wildman–Crippen MR) is 66.3 cm³/mol. The average Bonchev–Trinajstić information content (AvgIpc) is 2.24. The van der Waals surface area contributed by atoms with Gasteiger partial charge in [0, 0.05) is 17.9 Å². The molecule has 0 radical (unpaired) electrons. The van der Waals surface area contributed by atoms with Crippen molar-refractivity contribution in [2.24, 2.45) is 5.41 Å². The van der Waals surface area contributed by atoms with Gasteiger partial charge >= 0.3 is 6.18 Å². The highest BCUT2D eigenvalue weighted by molar-refractivity contribution is 5.58. The van der Waals surface area contributed by atoms with Crippen LogP contribution in [0.25, 0.3) is 0 Å². The Morgan fingerprint density at radius 2 is 2.00 bits per heavy atom. The summed E-state index contributed by atoms with van der Waals surface area (Å²) >= 11 is 0. The molecule has 2 rings (SSSR count). The smallest absolute Gasteiger partial charge is 0.398 e. The van der Waals surface area contributed by atoms with E-state index in [9.17, 15) is 13.2 Å². The van der Waals surface area contributed by atoms with Crippen LogP contribution in [-0.4, -0.2) is 6.54 Å². The molecule has 18 heavy (non-hydrogen) atoms. The van der Waals surface area contributed by atoms with Crippen molar-refractivity contribution in [1.29, 1.82) is 0 Å². The number of rotatable bonds is 3. The molecule has 1 aromatic rings. The van der Waals surface area contributed by atoms with Crippen LogP contribution in [0, 0.1) is 5.41 Å². The topological polar surface area (TPSA) is 38.0 Å². The van der Waals surface area contributed by atoms with Crippen molar-refractivity contribution >= 4 is 11.4 Å². The van der Waals surface area contributed by atoms with Gasteiger partial charge in [-0.05, 0) is 36.5 Å². The molecule has 0 saturated heterocycles. The molecule has 1 fully saturated rings. The minimum absolute atomic E-state index is 0.222. The Bertz CT molecular complexity index is 436. The second-order valence-electron chi connectivity index (χ2n) is 5.32. The van der Waals surface area contributed by atoms with Crippen molar-refractivity contribution in [2.75, 3.05) is 17.6 Å². The van der Waals surface area contributed by atoms with Crippen molar-refractivity contribution in [3.63, 3.8) is 0 Å². The Morgan fingerprint density at radius 3 is 2.50 bits per heavy atom. The maximum Gasteiger partial charge on any atom is 0.418 e. The summed E-state index contributed by atoms with van der Waals surface area (Å²) in [5.74, 6) is 0. The number of nitrogens with two attached hydrogens (primary N) is 1. The van der Waals surface area contributed by atoms with Gasteiger partial charge in [-0.1, -0.05) is 13.3 Å². The zero-order valence-corrected chi connectivity index (χ0v) is 10.3. The van der Waals surface area contributed by atoms with E-state index in [1.54, 1.807) is 6.07 Å². The second-order valence-corrected chi connectivity index (χ2v) is 5.32. The highest BCUT2D eigenvalue weighted by atomic mass is 19.4. The normalized spacial score (nSPS) is 18.2. The zero-order chi connectivity index (χ0) is 13.4. The van der Waals surface area contributed by atoms with E-state index in [0.29, 0.717) is 12.2 Å². The van der Waals surface area contributed by atoms with Crippen LogP contribution < -0.4 is 11.1 Å². The van der Waals surface area contributed by atoms with Crippen LogP contribution >= 0.6 is 0 Å². The van der Waals surface area contributed by atoms with Crippen molar-refractivity contribution in [1.82, 2.24) is 0 Å². The Hall–Kier alpha value is -1.39. The van der Waals surface area contributed by atoms with Gasteiger partial charge in [-0.2, -0.15) is 13.2 Å². The number of alkyl halides is 3. The van der Waals surface area contributed by atoms with Crippen LogP contribution in [0.5, 0.6) is 0 Å². The summed E-state index contributed by atoms with van der Waals surface area (Å²) in [4.78, 5) is 0. The summed E-state index contributed by atoms with van der Waals surface area (Å²) in [6.07, 6.45) is -0.946. The standard InChI is InChI=1S/C13H17F3N2/c1-12(5-2-6-12)8-18-9-3-4-11(17)10(7-9)13(14,15)16/h3-4,7,18H,2,5-6,8,17H2,1H3. The molecule has 5 heteroatoms. The predicted octanol–water partition coefficient (Wildman–Crippen LogP) is 3.89. The molecule has 0 spiro atoms. The van der Waals surface area contributed by atoms with Crippen LogP contribution in [-0.2, 0) is 6.18 Å². The molecule has 1 aromatic carbocycles. The first-order valence-electron chi connectivity index (χ1n) is 6.01. The molecule has 1 saturated carbocycles. The van der Waals surface area contributed by atoms with Crippen molar-refractivity contribution in [3.8, 4) is 0 Å². The molecule has 3 N–H and O–H groups in total. The lowest BCUT2D eigenvalue weighted by molar-refractivity contribution is -0.136. The van der Waals surface area contributed by atoms with Gasteiger partial charge in [0.1, 0.15) is 0 Å². The van der Waals surface area contributed by atoms with Crippen LogP contribution in [0.15, 0.2) is 18.2 Å². The molecule has 2 nitrogen and oxygen atoms in total. The van der Waals surface area contributed by atoms with E-state index in [1.165, 1.54) is 12.5 Å². The molecule has 100 valence electrons. The summed E-state index contributed by atoms with van der Waals surface area (Å²) in [6.45, 7) is 2.85. The van der Waals surface area contributed by atoms with E-state index in [0.717, 1.165) is 18.9 Å². The van der Waals surface area contributed by atoms with E-state index < -0.39 is 11.7 Å². The Kier molecular flexibility index (Phi) is 3.17. The van der Waals surface area contributed by atoms with Crippen molar-refractivity contribution in [2.45, 2.75) is 32.4 Å². The molecular formula is C13H17F3N2. The van der Waals surface area contributed by atoms with Gasteiger partial charge in [-0.15, -0.1) is 0 Å². The largest absolute Gasteiger partial charge is 0.418 e. The molecule has 0 heterocycles. The monoisotopic (exact) mass is 258 g/mol. The summed E-state index contributed by atoms with van der Waals surface area (Å²) in [6, 6.07) is 3.97. The first kappa shape index (κ1) is 13.1. The van der Waals surface area contributed by atoms with Crippen LogP contribution in [0.4, 0.5) is 24.5 Å². The molecule has 0 aromatic heterocycles. The van der Waals surface area contributed by atoms with Gasteiger partial charge in [-0.3, -0.25) is 0 Å². The molecule has 0 aliphatic heterocycles. The summed E-state index contributed by atoms with van der Waals surface area (Å²) in [5.41, 5.74) is 5.04. The highest BCUT2D eigenvalue weighted by Crippen LogP contribution is 2.40. The Morgan fingerprint density at radius 1 is 1.33 bits per heavy atom. The lowest BCUT2D eigenvalue weighted by Gasteiger charge is -2.38. The second kappa shape index (κ2) is 4.37. The zero-order valence-electron chi connectivity index (χ0n) is 10.3. The maximum atomic E-state index is 12.7. The van der Waals surface area contributed by atoms with Crippen LogP contribution in [0.3, 0.4) is 0 Å². The van der Waals surface area contributed by atoms with E-state index >= 15 is 0 Å². The lowest BCUT2D eigenvalue weighted by atomic mass is 9.70. The number of nitrogens with one attached hydrogen (secondary N) is 1. The molecule has 0 unspecified atom stereocenters. The fourth-order valence-electron chi connectivity index (χ4n) is 2.18. The van der Waals surface area contributed by atoms with Gasteiger partial charge in [0.25, 0.3) is 0 Å². The molecule has 0 bridgehead atoms. The van der Waals surface area contributed by atoms with Gasteiger partial charge in [-0.25, -0.2) is 0 Å². The minimum atomic E-state index is -4.40. The first-order valence-corrected chi connectivity index (χ1v) is 6.01. The summed E-state index contributed by atoms with van der Waals surface area (Å²) < 4.78 is 38.0. The third-order valence-electron chi connectivity index (χ3n) is 3.64. The average molecular weight is 258 g/mol. The molecule has 0 amide bonds. The van der Waals surface area contributed by atoms with Gasteiger partial charge in [0.15, 0.2) is 0 Å². The number of hydrogen-bond donors (Lipinski definition) is 2. The van der Waals surface area contributed by atoms with Crippen molar-refractivity contribution < 1.29 is 13.2 Å². The first-order chi connectivity index (χ1) is 8.30. The van der Waals surface area contributed by atoms with Gasteiger partial charge < -0.3 is 11.1 Å². The third kappa shape index (κ3) is 2.71. The quantitative estimate of drug-likeness (QED) is 0.807. The maximum absolute atomic E-state index is 12.7. The lowest BCUT2D eigenvalue weighted by Crippen LogP contribution is -2.33. The molecule has 1 aliphatic rings. The number of nitrogen functional groups attached to an aromatic ring is 1. The van der Waals surface area contributed by atoms with Crippen LogP contribution in [0.2, 0.25) is 0 Å². The number of halogens is 3. The Labute approximate surface area is 104 Å². The third-order valence-corrected chi connectivity index (χ3v) is 3.64. The number of anilines is 2. The van der Waals surface area contributed by atoms with Gasteiger partial charge in [0.05, 0.1) is 5.56 Å². The molecule has 1 aliphatic carbocycles. The SMILES string of the molecule is CC1(CNc2ccc(N)c(C(F)(F)F)c2)CCC1. The molecule has 0 atom stereocenters. The van der Waals surface area contributed by atoms with Gasteiger partial charge in [0.2, 0.25) is 0 Å². The minimum Gasteiger partial charge on any atom is -0.398 e. The number of benzene rings is 1. The molecular weight excluding hydrogens is 241 g/mol. The van der Waals surface area contributed by atoms with E-state index in [-0.39, 0.29) is 11.1 Å². The highest BCUT2D eigenvalue weighted by Gasteiger charge is 2.34. The summed E-state index contributed by atoms with van der Waals surface area (Å²) in [5, 5.41) is 3.07. The fraction of sp³-hybridized carbons (Fsp3) is 0.538. The van der Waals surface area contributed by atoms with Crippen molar-refractivity contribution in [3.05, 3.63) is 23.8 Å². The Balaban J connectivity index is 2.10.